The Morgan fingerprint density at radius 3 is 1.06 bits per heavy atom. The maximum atomic E-state index is 2.32. The fourth-order valence-corrected chi connectivity index (χ4v) is 1.55. The maximum absolute atomic E-state index is 2.32. The molecule has 0 saturated carbocycles. The van der Waals surface area contributed by atoms with E-state index in [0.717, 1.165) is 0 Å². The second-order valence-electron chi connectivity index (χ2n) is 7.68. The highest BCUT2D eigenvalue weighted by Crippen LogP contribution is 2.28. The summed E-state index contributed by atoms with van der Waals surface area (Å²) in [5.74, 6) is 0. The third-order valence-electron chi connectivity index (χ3n) is 3.23. The highest BCUT2D eigenvalue weighted by Gasteiger charge is 2.12. The number of allylic oxidation sites excluding steroid dienone is 2. The topological polar surface area (TPSA) is 0 Å². The highest BCUT2D eigenvalue weighted by atomic mass is 14.2. The molecule has 0 aliphatic rings. The molecule has 0 N–H and O–H groups in total. The summed E-state index contributed by atoms with van der Waals surface area (Å²) < 4.78 is 0. The Morgan fingerprint density at radius 2 is 0.875 bits per heavy atom. The molecule has 0 radical (unpaired) electrons. The van der Waals surface area contributed by atoms with Gasteiger partial charge in [0.25, 0.3) is 0 Å². The first kappa shape index (κ1) is 15.7. The van der Waals surface area contributed by atoms with Gasteiger partial charge in [0, 0.05) is 0 Å². The normalized spacial score (nSPS) is 15.0. The summed E-state index contributed by atoms with van der Waals surface area (Å²) in [5.41, 5.74) is 4.15. The zero-order valence-corrected chi connectivity index (χ0v) is 12.8. The molecule has 0 aromatic heterocycles. The number of hydrogen-bond acceptors (Lipinski definition) is 0. The van der Waals surface area contributed by atoms with Crippen molar-refractivity contribution in [3.63, 3.8) is 0 Å². The fraction of sp³-hybridized carbons (Fsp3) is 0.875. The summed E-state index contributed by atoms with van der Waals surface area (Å²) in [7, 11) is 0. The van der Waals surface area contributed by atoms with Crippen LogP contribution in [0.3, 0.4) is 0 Å². The summed E-state index contributed by atoms with van der Waals surface area (Å²) in [6.07, 6.45) is 5.12. The van der Waals surface area contributed by atoms with Gasteiger partial charge in [0.15, 0.2) is 0 Å². The third-order valence-corrected chi connectivity index (χ3v) is 3.23. The summed E-state index contributed by atoms with van der Waals surface area (Å²) in [6, 6.07) is 0. The van der Waals surface area contributed by atoms with Crippen molar-refractivity contribution in [2.45, 2.75) is 81.1 Å². The van der Waals surface area contributed by atoms with Gasteiger partial charge in [-0.25, -0.2) is 0 Å². The summed E-state index contributed by atoms with van der Waals surface area (Å²) in [5, 5.41) is 0. The average molecular weight is 224 g/mol. The second kappa shape index (κ2) is 5.89. The molecule has 0 saturated heterocycles. The van der Waals surface area contributed by atoms with Crippen LogP contribution in [0.15, 0.2) is 11.1 Å². The van der Waals surface area contributed by atoms with Crippen molar-refractivity contribution in [3.8, 4) is 0 Å². The van der Waals surface area contributed by atoms with E-state index in [1.54, 1.807) is 11.1 Å². The van der Waals surface area contributed by atoms with Gasteiger partial charge >= 0.3 is 0 Å². The molecule has 96 valence electrons. The molecular weight excluding hydrogens is 192 g/mol. The van der Waals surface area contributed by atoms with Gasteiger partial charge < -0.3 is 0 Å². The lowest BCUT2D eigenvalue weighted by atomic mass is 9.85. The zero-order chi connectivity index (χ0) is 13.0. The van der Waals surface area contributed by atoms with Crippen molar-refractivity contribution in [1.29, 1.82) is 0 Å². The quantitative estimate of drug-likeness (QED) is 0.516. The largest absolute Gasteiger partial charge is 0.0744 e. The Labute approximate surface area is 104 Å². The minimum Gasteiger partial charge on any atom is -0.0744 e. The lowest BCUT2D eigenvalue weighted by Gasteiger charge is -2.21. The van der Waals surface area contributed by atoms with Gasteiger partial charge in [-0.1, -0.05) is 52.7 Å². The first-order valence-electron chi connectivity index (χ1n) is 6.66. The lowest BCUT2D eigenvalue weighted by molar-refractivity contribution is 0.370. The molecule has 0 heterocycles. The Bertz CT molecular complexity index is 204. The molecule has 0 atom stereocenters. The van der Waals surface area contributed by atoms with Gasteiger partial charge in [0.2, 0.25) is 0 Å². The monoisotopic (exact) mass is 224 g/mol. The van der Waals surface area contributed by atoms with E-state index in [4.69, 9.17) is 0 Å². The molecule has 0 aliphatic carbocycles. The Kier molecular flexibility index (Phi) is 5.79. The molecule has 16 heavy (non-hydrogen) atoms. The molecule has 0 amide bonds. The van der Waals surface area contributed by atoms with Crippen LogP contribution >= 0.6 is 0 Å². The van der Waals surface area contributed by atoms with Crippen molar-refractivity contribution in [3.05, 3.63) is 11.1 Å². The van der Waals surface area contributed by atoms with Crippen LogP contribution in [0.2, 0.25) is 0 Å². The van der Waals surface area contributed by atoms with Crippen LogP contribution in [0.4, 0.5) is 0 Å². The highest BCUT2D eigenvalue weighted by molar-refractivity contribution is 5.10. The van der Waals surface area contributed by atoms with Crippen LogP contribution < -0.4 is 0 Å². The smallest absolute Gasteiger partial charge is 0.0316 e. The van der Waals surface area contributed by atoms with Crippen molar-refractivity contribution in [2.24, 2.45) is 10.8 Å². The van der Waals surface area contributed by atoms with Crippen LogP contribution in [0, 0.1) is 10.8 Å². The summed E-state index contributed by atoms with van der Waals surface area (Å²) >= 11 is 0. The lowest BCUT2D eigenvalue weighted by Crippen LogP contribution is -2.06. The van der Waals surface area contributed by atoms with Crippen LogP contribution in [0.5, 0.6) is 0 Å². The van der Waals surface area contributed by atoms with Crippen LogP contribution in [-0.2, 0) is 0 Å². The van der Waals surface area contributed by atoms with Gasteiger partial charge in [0.05, 0.1) is 0 Å². The molecule has 0 spiro atoms. The summed E-state index contributed by atoms with van der Waals surface area (Å²) in [6.45, 7) is 18.6. The van der Waals surface area contributed by atoms with E-state index in [1.807, 2.05) is 0 Å². The third kappa shape index (κ3) is 9.00. The molecule has 0 aromatic rings. The molecule has 0 heteroatoms. The SMILES string of the molecule is CC(CCC(C)(C)C)=C(C)CCC(C)(C)C. The van der Waals surface area contributed by atoms with E-state index in [-0.39, 0.29) is 0 Å². The van der Waals surface area contributed by atoms with E-state index in [2.05, 4.69) is 55.4 Å². The van der Waals surface area contributed by atoms with Gasteiger partial charge in [-0.15, -0.1) is 0 Å². The summed E-state index contributed by atoms with van der Waals surface area (Å²) in [4.78, 5) is 0. The zero-order valence-electron chi connectivity index (χ0n) is 12.8. The first-order chi connectivity index (χ1) is 7.01. The minimum absolute atomic E-state index is 0.464. The molecule has 0 unspecified atom stereocenters. The molecule has 0 aliphatic heterocycles. The molecule has 0 rings (SSSR count). The van der Waals surface area contributed by atoms with E-state index in [1.165, 1.54) is 25.7 Å². The van der Waals surface area contributed by atoms with Gasteiger partial charge in [0.1, 0.15) is 0 Å². The van der Waals surface area contributed by atoms with Crippen molar-refractivity contribution < 1.29 is 0 Å². The molecule has 0 fully saturated rings. The van der Waals surface area contributed by atoms with Crippen molar-refractivity contribution in [2.75, 3.05) is 0 Å². The van der Waals surface area contributed by atoms with E-state index < -0.39 is 0 Å². The molecule has 0 bridgehead atoms. The molecule has 0 nitrogen and oxygen atoms in total. The van der Waals surface area contributed by atoms with E-state index in [9.17, 15) is 0 Å². The predicted molar refractivity (Wildman–Crippen MR) is 75.8 cm³/mol. The van der Waals surface area contributed by atoms with Crippen LogP contribution in [0.1, 0.15) is 81.1 Å². The van der Waals surface area contributed by atoms with E-state index in [0.29, 0.717) is 10.8 Å². The Balaban J connectivity index is 4.16. The van der Waals surface area contributed by atoms with Crippen molar-refractivity contribution >= 4 is 0 Å². The minimum atomic E-state index is 0.464. The van der Waals surface area contributed by atoms with Gasteiger partial charge in [-0.3, -0.25) is 0 Å². The predicted octanol–water partition coefficient (Wildman–Crippen LogP) is 5.98. The van der Waals surface area contributed by atoms with E-state index >= 15 is 0 Å². The van der Waals surface area contributed by atoms with Gasteiger partial charge in [-0.05, 0) is 50.4 Å². The second-order valence-corrected chi connectivity index (χ2v) is 7.68. The first-order valence-corrected chi connectivity index (χ1v) is 6.66. The van der Waals surface area contributed by atoms with Crippen LogP contribution in [-0.4, -0.2) is 0 Å². The number of rotatable bonds is 4. The van der Waals surface area contributed by atoms with Gasteiger partial charge in [-0.2, -0.15) is 0 Å². The Morgan fingerprint density at radius 1 is 0.625 bits per heavy atom. The average Bonchev–Trinajstić information content (AvgIpc) is 2.07. The Hall–Kier alpha value is -0.260. The number of hydrogen-bond donors (Lipinski definition) is 0. The van der Waals surface area contributed by atoms with Crippen molar-refractivity contribution in [1.82, 2.24) is 0 Å². The standard InChI is InChI=1S/C16H32/c1-13(9-11-15(3,4)5)14(2)10-12-16(6,7)8/h9-12H2,1-8H3. The molecular formula is C16H32. The molecule has 0 aromatic carbocycles. The fourth-order valence-electron chi connectivity index (χ4n) is 1.55. The van der Waals surface area contributed by atoms with Crippen LogP contribution in [0.25, 0.3) is 0 Å². The maximum Gasteiger partial charge on any atom is -0.0316 e.